The Kier molecular flexibility index (Phi) is 8.19. The van der Waals surface area contributed by atoms with Gasteiger partial charge in [0.25, 0.3) is 0 Å². The molecule has 144 valence electrons. The van der Waals surface area contributed by atoms with Gasteiger partial charge in [-0.25, -0.2) is 0 Å². The first-order valence-electron chi connectivity index (χ1n) is 9.09. The van der Waals surface area contributed by atoms with Crippen LogP contribution in [0.2, 0.25) is 5.02 Å². The molecule has 0 saturated heterocycles. The Morgan fingerprint density at radius 1 is 1.15 bits per heavy atom. The summed E-state index contributed by atoms with van der Waals surface area (Å²) in [7, 11) is 3.28. The number of ether oxygens (including phenoxy) is 1. The molecule has 0 radical (unpaired) electrons. The van der Waals surface area contributed by atoms with Gasteiger partial charge < -0.3 is 15.4 Å². The van der Waals surface area contributed by atoms with Gasteiger partial charge in [0.15, 0.2) is 0 Å². The van der Waals surface area contributed by atoms with Crippen LogP contribution in [0.25, 0.3) is 0 Å². The lowest BCUT2D eigenvalue weighted by atomic mass is 10.1. The molecule has 6 nitrogen and oxygen atoms in total. The highest BCUT2D eigenvalue weighted by Gasteiger charge is 2.17. The second kappa shape index (κ2) is 10.4. The molecule has 2 rings (SSSR count). The minimum atomic E-state index is -0.227. The molecule has 2 amide bonds. The molecule has 0 aliphatic heterocycles. The zero-order chi connectivity index (χ0) is 18.9. The predicted octanol–water partition coefficient (Wildman–Crippen LogP) is 3.06. The van der Waals surface area contributed by atoms with Crippen molar-refractivity contribution >= 4 is 29.1 Å². The number of nitrogens with zero attached hydrogens (tertiary/aromatic N) is 1. The van der Waals surface area contributed by atoms with E-state index >= 15 is 0 Å². The van der Waals surface area contributed by atoms with Gasteiger partial charge in [0, 0.05) is 11.1 Å². The molecule has 1 fully saturated rings. The summed E-state index contributed by atoms with van der Waals surface area (Å²) >= 11 is 5.97. The smallest absolute Gasteiger partial charge is 0.238 e. The maximum Gasteiger partial charge on any atom is 0.238 e. The SMILES string of the molecule is COc1ccc(Cl)cc1NC(=O)CN(C)CC(=O)NC1CCCCCC1. The van der Waals surface area contributed by atoms with Crippen molar-refractivity contribution in [2.45, 2.75) is 44.6 Å². The Morgan fingerprint density at radius 2 is 1.81 bits per heavy atom. The third kappa shape index (κ3) is 6.84. The van der Waals surface area contributed by atoms with E-state index in [2.05, 4.69) is 10.6 Å². The molecule has 0 heterocycles. The zero-order valence-corrected chi connectivity index (χ0v) is 16.3. The predicted molar refractivity (Wildman–Crippen MR) is 104 cm³/mol. The topological polar surface area (TPSA) is 70.7 Å². The molecule has 1 aliphatic rings. The number of rotatable bonds is 7. The van der Waals surface area contributed by atoms with Gasteiger partial charge in [-0.05, 0) is 38.1 Å². The maximum atomic E-state index is 12.2. The summed E-state index contributed by atoms with van der Waals surface area (Å²) in [5, 5.41) is 6.37. The van der Waals surface area contributed by atoms with Crippen LogP contribution in [0.4, 0.5) is 5.69 Å². The van der Waals surface area contributed by atoms with E-state index in [-0.39, 0.29) is 30.9 Å². The number of benzene rings is 1. The molecule has 0 aromatic heterocycles. The third-order valence-corrected chi connectivity index (χ3v) is 4.72. The summed E-state index contributed by atoms with van der Waals surface area (Å²) in [6, 6.07) is 5.29. The molecule has 7 heteroatoms. The van der Waals surface area contributed by atoms with Crippen LogP contribution >= 0.6 is 11.6 Å². The Bertz CT molecular complexity index is 616. The van der Waals surface area contributed by atoms with E-state index in [0.717, 1.165) is 12.8 Å². The number of halogens is 1. The molecule has 1 saturated carbocycles. The third-order valence-electron chi connectivity index (χ3n) is 4.48. The summed E-state index contributed by atoms with van der Waals surface area (Å²) in [6.45, 7) is 0.296. The van der Waals surface area contributed by atoms with Crippen LogP contribution in [0, 0.1) is 0 Å². The summed E-state index contributed by atoms with van der Waals surface area (Å²) in [4.78, 5) is 26.1. The van der Waals surface area contributed by atoms with Crippen molar-refractivity contribution in [2.75, 3.05) is 32.6 Å². The van der Waals surface area contributed by atoms with Crippen molar-refractivity contribution in [1.29, 1.82) is 0 Å². The number of nitrogens with one attached hydrogen (secondary N) is 2. The zero-order valence-electron chi connectivity index (χ0n) is 15.5. The minimum Gasteiger partial charge on any atom is -0.495 e. The normalized spacial score (nSPS) is 15.4. The fraction of sp³-hybridized carbons (Fsp3) is 0.579. The lowest BCUT2D eigenvalue weighted by Crippen LogP contribution is -2.42. The molecule has 0 unspecified atom stereocenters. The minimum absolute atomic E-state index is 0.0347. The molecule has 1 aromatic carbocycles. The monoisotopic (exact) mass is 381 g/mol. The number of amides is 2. The first-order chi connectivity index (χ1) is 12.5. The van der Waals surface area contributed by atoms with Crippen molar-refractivity contribution in [3.63, 3.8) is 0 Å². The number of hydrogen-bond donors (Lipinski definition) is 2. The van der Waals surface area contributed by atoms with Gasteiger partial charge in [-0.1, -0.05) is 37.3 Å². The summed E-state index contributed by atoms with van der Waals surface area (Å²) in [5.41, 5.74) is 0.515. The Labute approximate surface area is 160 Å². The quantitative estimate of drug-likeness (QED) is 0.712. The highest BCUT2D eigenvalue weighted by atomic mass is 35.5. The molecule has 1 aliphatic carbocycles. The molecule has 1 aromatic rings. The van der Waals surface area contributed by atoms with Gasteiger partial charge in [0.05, 0.1) is 25.9 Å². The number of anilines is 1. The second-order valence-electron chi connectivity index (χ2n) is 6.82. The van der Waals surface area contributed by atoms with Crippen molar-refractivity contribution in [3.05, 3.63) is 23.2 Å². The number of hydrogen-bond acceptors (Lipinski definition) is 4. The summed E-state index contributed by atoms with van der Waals surface area (Å²) in [6.07, 6.45) is 6.93. The van der Waals surface area contributed by atoms with E-state index in [1.54, 1.807) is 30.1 Å². The highest BCUT2D eigenvalue weighted by molar-refractivity contribution is 6.31. The molecule has 26 heavy (non-hydrogen) atoms. The largest absolute Gasteiger partial charge is 0.495 e. The Hall–Kier alpha value is -1.79. The average molecular weight is 382 g/mol. The highest BCUT2D eigenvalue weighted by Crippen LogP contribution is 2.27. The van der Waals surface area contributed by atoms with Gasteiger partial charge in [0.1, 0.15) is 5.75 Å². The van der Waals surface area contributed by atoms with Crippen LogP contribution in [0.1, 0.15) is 38.5 Å². The van der Waals surface area contributed by atoms with Gasteiger partial charge in [-0.15, -0.1) is 0 Å². The van der Waals surface area contributed by atoms with E-state index in [4.69, 9.17) is 16.3 Å². The summed E-state index contributed by atoms with van der Waals surface area (Å²) in [5.74, 6) is 0.277. The van der Waals surface area contributed by atoms with E-state index in [1.807, 2.05) is 0 Å². The van der Waals surface area contributed by atoms with Crippen LogP contribution in [0.15, 0.2) is 18.2 Å². The number of carbonyl (C=O) groups excluding carboxylic acids is 2. The van der Waals surface area contributed by atoms with E-state index in [1.165, 1.54) is 32.8 Å². The van der Waals surface area contributed by atoms with Crippen LogP contribution < -0.4 is 15.4 Å². The Balaban J connectivity index is 1.79. The lowest BCUT2D eigenvalue weighted by Gasteiger charge is -2.20. The van der Waals surface area contributed by atoms with Crippen molar-refractivity contribution in [3.8, 4) is 5.75 Å². The lowest BCUT2D eigenvalue weighted by molar-refractivity contribution is -0.123. The Morgan fingerprint density at radius 3 is 2.46 bits per heavy atom. The number of methoxy groups -OCH3 is 1. The molecule has 0 spiro atoms. The fourth-order valence-corrected chi connectivity index (χ4v) is 3.38. The molecule has 0 atom stereocenters. The van der Waals surface area contributed by atoms with Crippen LogP contribution in [0.3, 0.4) is 0 Å². The fourth-order valence-electron chi connectivity index (χ4n) is 3.21. The van der Waals surface area contributed by atoms with Crippen LogP contribution in [-0.2, 0) is 9.59 Å². The summed E-state index contributed by atoms with van der Waals surface area (Å²) < 4.78 is 5.21. The first-order valence-corrected chi connectivity index (χ1v) is 9.47. The van der Waals surface area contributed by atoms with Crippen molar-refractivity contribution < 1.29 is 14.3 Å². The maximum absolute atomic E-state index is 12.2. The van der Waals surface area contributed by atoms with E-state index < -0.39 is 0 Å². The van der Waals surface area contributed by atoms with Crippen molar-refractivity contribution in [2.24, 2.45) is 0 Å². The van der Waals surface area contributed by atoms with Gasteiger partial charge in [-0.2, -0.15) is 0 Å². The van der Waals surface area contributed by atoms with Gasteiger partial charge in [-0.3, -0.25) is 14.5 Å². The van der Waals surface area contributed by atoms with Crippen LogP contribution in [-0.4, -0.2) is 50.0 Å². The molecular formula is C19H28ClN3O3. The number of likely N-dealkylation sites (N-methyl/N-ethyl adjacent to an activating group) is 1. The van der Waals surface area contributed by atoms with E-state index in [9.17, 15) is 9.59 Å². The molecular weight excluding hydrogens is 354 g/mol. The first kappa shape index (κ1) is 20.5. The van der Waals surface area contributed by atoms with Gasteiger partial charge >= 0.3 is 0 Å². The number of carbonyl (C=O) groups is 2. The van der Waals surface area contributed by atoms with E-state index in [0.29, 0.717) is 16.5 Å². The standard InChI is InChI=1S/C19H28ClN3O3/c1-23(12-18(24)21-15-7-5-3-4-6-8-15)13-19(25)22-16-11-14(20)9-10-17(16)26-2/h9-11,15H,3-8,12-13H2,1-2H3,(H,21,24)(H,22,25). The van der Waals surface area contributed by atoms with Crippen molar-refractivity contribution in [1.82, 2.24) is 10.2 Å². The van der Waals surface area contributed by atoms with Crippen LogP contribution in [0.5, 0.6) is 5.75 Å². The average Bonchev–Trinajstić information content (AvgIpc) is 2.83. The molecule has 2 N–H and O–H groups in total. The molecule has 0 bridgehead atoms. The van der Waals surface area contributed by atoms with Gasteiger partial charge in [0.2, 0.25) is 11.8 Å². The second-order valence-corrected chi connectivity index (χ2v) is 7.26.